The molecule has 0 saturated heterocycles. The minimum Gasteiger partial charge on any atom is -0.497 e. The summed E-state index contributed by atoms with van der Waals surface area (Å²) < 4.78 is 7.72. The van der Waals surface area contributed by atoms with Crippen LogP contribution >= 0.6 is 0 Å². The van der Waals surface area contributed by atoms with E-state index in [0.717, 1.165) is 50.3 Å². The van der Waals surface area contributed by atoms with Gasteiger partial charge in [-0.2, -0.15) is 0 Å². The zero-order chi connectivity index (χ0) is 27.6. The van der Waals surface area contributed by atoms with Crippen molar-refractivity contribution in [2.24, 2.45) is 0 Å². The molecular formula is C34H43N3O2. The summed E-state index contributed by atoms with van der Waals surface area (Å²) >= 11 is 0. The van der Waals surface area contributed by atoms with Crippen LogP contribution in [-0.4, -0.2) is 48.2 Å². The molecule has 1 heterocycles. The minimum atomic E-state index is -0.0688. The molecule has 5 heteroatoms. The van der Waals surface area contributed by atoms with E-state index in [4.69, 9.17) is 4.74 Å². The average molecular weight is 526 g/mol. The number of nitrogens with zero attached hydrogens (tertiary/aromatic N) is 2. The van der Waals surface area contributed by atoms with Crippen molar-refractivity contribution >= 4 is 16.8 Å². The number of aromatic nitrogens is 1. The lowest BCUT2D eigenvalue weighted by Gasteiger charge is -2.21. The van der Waals surface area contributed by atoms with Gasteiger partial charge < -0.3 is 19.5 Å². The Kier molecular flexibility index (Phi) is 10.2. The second-order valence-electron chi connectivity index (χ2n) is 10.4. The maximum absolute atomic E-state index is 13.4. The van der Waals surface area contributed by atoms with Crippen LogP contribution in [0.25, 0.3) is 10.9 Å². The molecule has 206 valence electrons. The molecule has 0 bridgehead atoms. The van der Waals surface area contributed by atoms with Crippen LogP contribution in [0, 0.1) is 0 Å². The van der Waals surface area contributed by atoms with Gasteiger partial charge in [-0.05, 0) is 74.3 Å². The number of para-hydroxylation sites is 1. The Balaban J connectivity index is 1.59. The highest BCUT2D eigenvalue weighted by molar-refractivity contribution is 5.87. The van der Waals surface area contributed by atoms with Crippen LogP contribution in [0.15, 0.2) is 85.1 Å². The van der Waals surface area contributed by atoms with Crippen LogP contribution in [0.4, 0.5) is 0 Å². The summed E-state index contributed by atoms with van der Waals surface area (Å²) in [4.78, 5) is 15.9. The lowest BCUT2D eigenvalue weighted by molar-refractivity contribution is -0.121. The molecule has 4 aromatic rings. The van der Waals surface area contributed by atoms with Crippen molar-refractivity contribution < 1.29 is 9.53 Å². The summed E-state index contributed by atoms with van der Waals surface area (Å²) in [5.74, 6) is 0.835. The van der Waals surface area contributed by atoms with E-state index in [2.05, 4.69) is 102 Å². The van der Waals surface area contributed by atoms with Crippen LogP contribution in [0.5, 0.6) is 5.75 Å². The number of ether oxygens (including phenoxy) is 1. The SMILES string of the molecule is CCN(CC)CCC[C@@H](C)NC(=O)C[C@@H](c1ccc(OC)cc1)c1cn(Cc2ccccc2)c2ccccc12. The molecule has 5 nitrogen and oxygen atoms in total. The minimum absolute atomic E-state index is 0.0688. The van der Waals surface area contributed by atoms with E-state index in [1.165, 1.54) is 22.0 Å². The van der Waals surface area contributed by atoms with Crippen molar-refractivity contribution in [2.45, 2.75) is 58.5 Å². The van der Waals surface area contributed by atoms with E-state index >= 15 is 0 Å². The highest BCUT2D eigenvalue weighted by atomic mass is 16.5. The predicted octanol–water partition coefficient (Wildman–Crippen LogP) is 6.85. The third-order valence-corrected chi connectivity index (χ3v) is 7.71. The van der Waals surface area contributed by atoms with Crippen LogP contribution in [0.3, 0.4) is 0 Å². The smallest absolute Gasteiger partial charge is 0.221 e. The normalized spacial score (nSPS) is 12.9. The topological polar surface area (TPSA) is 46.5 Å². The van der Waals surface area contributed by atoms with Gasteiger partial charge in [0.2, 0.25) is 5.91 Å². The van der Waals surface area contributed by atoms with Crippen molar-refractivity contribution in [1.82, 2.24) is 14.8 Å². The van der Waals surface area contributed by atoms with Gasteiger partial charge in [0, 0.05) is 42.0 Å². The Bertz CT molecular complexity index is 1310. The molecule has 1 amide bonds. The molecule has 0 aliphatic rings. The quantitative estimate of drug-likeness (QED) is 0.196. The zero-order valence-electron chi connectivity index (χ0n) is 23.9. The van der Waals surface area contributed by atoms with Crippen molar-refractivity contribution in [3.8, 4) is 5.75 Å². The van der Waals surface area contributed by atoms with Crippen molar-refractivity contribution in [1.29, 1.82) is 0 Å². The van der Waals surface area contributed by atoms with Gasteiger partial charge in [-0.15, -0.1) is 0 Å². The lowest BCUT2D eigenvalue weighted by Crippen LogP contribution is -2.34. The van der Waals surface area contributed by atoms with Gasteiger partial charge >= 0.3 is 0 Å². The highest BCUT2D eigenvalue weighted by Gasteiger charge is 2.23. The molecule has 4 rings (SSSR count). The van der Waals surface area contributed by atoms with Gasteiger partial charge in [-0.1, -0.05) is 74.5 Å². The van der Waals surface area contributed by atoms with Crippen LogP contribution in [-0.2, 0) is 11.3 Å². The number of benzene rings is 3. The maximum Gasteiger partial charge on any atom is 0.221 e. The molecule has 0 aliphatic carbocycles. The zero-order valence-corrected chi connectivity index (χ0v) is 23.9. The standard InChI is InChI=1S/C34H43N3O2/c1-5-36(6-2)22-12-13-26(3)35-34(38)23-31(28-18-20-29(39-4)21-19-28)32-25-37(24-27-14-8-7-9-15-27)33-17-11-10-16-30(32)33/h7-11,14-21,25-26,31H,5-6,12-13,22-24H2,1-4H3,(H,35,38)/t26-,31+/m1/s1. The molecule has 0 saturated carbocycles. The Labute approximate surface area is 233 Å². The fourth-order valence-corrected chi connectivity index (χ4v) is 5.46. The van der Waals surface area contributed by atoms with E-state index in [9.17, 15) is 4.79 Å². The molecule has 3 aromatic carbocycles. The first-order valence-electron chi connectivity index (χ1n) is 14.3. The van der Waals surface area contributed by atoms with Gasteiger partial charge in [-0.25, -0.2) is 0 Å². The van der Waals surface area contributed by atoms with Crippen molar-refractivity contribution in [3.63, 3.8) is 0 Å². The van der Waals surface area contributed by atoms with Gasteiger partial charge in [-0.3, -0.25) is 4.79 Å². The first-order chi connectivity index (χ1) is 19.0. The highest BCUT2D eigenvalue weighted by Crippen LogP contribution is 2.36. The summed E-state index contributed by atoms with van der Waals surface area (Å²) in [6.07, 6.45) is 4.70. The molecule has 1 N–H and O–H groups in total. The number of carbonyl (C=O) groups is 1. The van der Waals surface area contributed by atoms with Gasteiger partial charge in [0.25, 0.3) is 0 Å². The summed E-state index contributed by atoms with van der Waals surface area (Å²) in [5, 5.41) is 4.48. The molecule has 0 spiro atoms. The van der Waals surface area contributed by atoms with Crippen molar-refractivity contribution in [3.05, 3.63) is 102 Å². The van der Waals surface area contributed by atoms with E-state index in [1.54, 1.807) is 7.11 Å². The van der Waals surface area contributed by atoms with Crippen LogP contribution < -0.4 is 10.1 Å². The fourth-order valence-electron chi connectivity index (χ4n) is 5.46. The molecule has 0 fully saturated rings. The average Bonchev–Trinajstić information content (AvgIpc) is 3.32. The summed E-state index contributed by atoms with van der Waals surface area (Å²) in [7, 11) is 1.68. The summed E-state index contributed by atoms with van der Waals surface area (Å²) in [5.41, 5.74) is 4.72. The van der Waals surface area contributed by atoms with Crippen molar-refractivity contribution in [2.75, 3.05) is 26.7 Å². The van der Waals surface area contributed by atoms with E-state index in [0.29, 0.717) is 6.42 Å². The Morgan fingerprint density at radius 3 is 2.33 bits per heavy atom. The Morgan fingerprint density at radius 2 is 1.64 bits per heavy atom. The largest absolute Gasteiger partial charge is 0.497 e. The van der Waals surface area contributed by atoms with E-state index in [1.807, 2.05) is 18.2 Å². The van der Waals surface area contributed by atoms with E-state index < -0.39 is 0 Å². The summed E-state index contributed by atoms with van der Waals surface area (Å²) in [6, 6.07) is 27.3. The number of hydrogen-bond acceptors (Lipinski definition) is 3. The molecule has 0 aliphatic heterocycles. The van der Waals surface area contributed by atoms with Gasteiger partial charge in [0.15, 0.2) is 0 Å². The number of nitrogens with one attached hydrogen (secondary N) is 1. The first kappa shape index (κ1) is 28.4. The Morgan fingerprint density at radius 1 is 0.949 bits per heavy atom. The number of methoxy groups -OCH3 is 1. The third-order valence-electron chi connectivity index (χ3n) is 7.71. The second kappa shape index (κ2) is 14.0. The van der Waals surface area contributed by atoms with Gasteiger partial charge in [0.1, 0.15) is 5.75 Å². The van der Waals surface area contributed by atoms with E-state index in [-0.39, 0.29) is 17.9 Å². The molecule has 0 radical (unpaired) electrons. The molecule has 1 aromatic heterocycles. The number of carbonyl (C=O) groups excluding carboxylic acids is 1. The number of fused-ring (bicyclic) bond motifs is 1. The van der Waals surface area contributed by atoms with Crippen LogP contribution in [0.1, 0.15) is 62.6 Å². The monoisotopic (exact) mass is 525 g/mol. The summed E-state index contributed by atoms with van der Waals surface area (Å²) in [6.45, 7) is 10.5. The number of hydrogen-bond donors (Lipinski definition) is 1. The Hall–Kier alpha value is -3.57. The van der Waals surface area contributed by atoms with Crippen LogP contribution in [0.2, 0.25) is 0 Å². The second-order valence-corrected chi connectivity index (χ2v) is 10.4. The molecule has 0 unspecified atom stereocenters. The predicted molar refractivity (Wildman–Crippen MR) is 162 cm³/mol. The maximum atomic E-state index is 13.4. The lowest BCUT2D eigenvalue weighted by atomic mass is 9.88. The number of amides is 1. The molecule has 39 heavy (non-hydrogen) atoms. The molecular weight excluding hydrogens is 482 g/mol. The molecule has 2 atom stereocenters. The third kappa shape index (κ3) is 7.51. The number of rotatable bonds is 14. The van der Waals surface area contributed by atoms with Gasteiger partial charge in [0.05, 0.1) is 7.11 Å². The fraction of sp³-hybridized carbons (Fsp3) is 0.382. The first-order valence-corrected chi connectivity index (χ1v) is 14.3.